The lowest BCUT2D eigenvalue weighted by Crippen LogP contribution is -2.25. The van der Waals surface area contributed by atoms with Crippen LogP contribution in [0.15, 0.2) is 48.5 Å². The summed E-state index contributed by atoms with van der Waals surface area (Å²) < 4.78 is 0. The van der Waals surface area contributed by atoms with Crippen molar-refractivity contribution in [2.45, 2.75) is 187 Å². The highest BCUT2D eigenvalue weighted by Gasteiger charge is 2.42. The summed E-state index contributed by atoms with van der Waals surface area (Å²) in [7, 11) is 0. The number of rotatable bonds is 25. The quantitative estimate of drug-likeness (QED) is 0.0865. The Kier molecular flexibility index (Phi) is 16.5. The molecular weight excluding hydrogens is 569 g/mol. The second-order valence-electron chi connectivity index (χ2n) is 14.7. The first-order valence-electron chi connectivity index (χ1n) is 20.3. The third kappa shape index (κ3) is 10.8. The molecule has 2 heteroatoms. The van der Waals surface area contributed by atoms with E-state index in [1.54, 1.807) is 11.1 Å². The summed E-state index contributed by atoms with van der Waals surface area (Å²) in [4.78, 5) is 10.5. The molecule has 0 saturated heterocycles. The topological polar surface area (TPSA) is 25.8 Å². The Labute approximate surface area is 290 Å². The zero-order chi connectivity index (χ0) is 33.2. The van der Waals surface area contributed by atoms with E-state index in [4.69, 9.17) is 9.97 Å². The van der Waals surface area contributed by atoms with E-state index in [0.717, 1.165) is 18.7 Å². The standard InChI is InChI=1S/C45H68N2/c1-5-9-13-17-19-25-33-45(34-26-20-18-14-10-6-2)42-30-24-23-29-40(42)41-32-31-37(35-43(41)45)44-46-38(27-21-15-11-7-3)36-39(47-44)28-22-16-12-8-4/h23-24,29-32,35-36H,5-22,25-28,33-34H2,1-4H3. The maximum atomic E-state index is 5.26. The molecule has 47 heavy (non-hydrogen) atoms. The van der Waals surface area contributed by atoms with Gasteiger partial charge in [-0.25, -0.2) is 9.97 Å². The molecule has 0 saturated carbocycles. The van der Waals surface area contributed by atoms with Crippen LogP contribution in [-0.2, 0) is 18.3 Å². The van der Waals surface area contributed by atoms with E-state index >= 15 is 0 Å². The first kappa shape index (κ1) is 37.3. The molecule has 1 aromatic heterocycles. The van der Waals surface area contributed by atoms with Crippen molar-refractivity contribution in [3.63, 3.8) is 0 Å². The van der Waals surface area contributed by atoms with Crippen LogP contribution >= 0.6 is 0 Å². The van der Waals surface area contributed by atoms with Crippen molar-refractivity contribution in [3.8, 4) is 22.5 Å². The van der Waals surface area contributed by atoms with E-state index in [-0.39, 0.29) is 5.41 Å². The van der Waals surface area contributed by atoms with E-state index in [1.807, 2.05) is 0 Å². The Bertz CT molecular complexity index is 1260. The minimum atomic E-state index is 0.0954. The summed E-state index contributed by atoms with van der Waals surface area (Å²) in [5, 5.41) is 0. The largest absolute Gasteiger partial charge is 0.233 e. The molecule has 1 aliphatic carbocycles. The van der Waals surface area contributed by atoms with Crippen molar-refractivity contribution in [1.82, 2.24) is 9.97 Å². The van der Waals surface area contributed by atoms with Gasteiger partial charge < -0.3 is 0 Å². The average molecular weight is 637 g/mol. The summed E-state index contributed by atoms with van der Waals surface area (Å²) in [6.45, 7) is 9.23. The van der Waals surface area contributed by atoms with Crippen LogP contribution in [0.4, 0.5) is 0 Å². The molecule has 2 nitrogen and oxygen atoms in total. The molecule has 4 rings (SSSR count). The Hall–Kier alpha value is -2.48. The second kappa shape index (κ2) is 20.8. The zero-order valence-electron chi connectivity index (χ0n) is 31.0. The summed E-state index contributed by atoms with van der Waals surface area (Å²) in [5.41, 5.74) is 9.85. The lowest BCUT2D eigenvalue weighted by Gasteiger charge is -2.33. The van der Waals surface area contributed by atoms with Crippen molar-refractivity contribution in [3.05, 3.63) is 71.0 Å². The van der Waals surface area contributed by atoms with E-state index in [1.165, 1.54) is 169 Å². The van der Waals surface area contributed by atoms with Gasteiger partial charge in [-0.1, -0.05) is 180 Å². The predicted octanol–water partition coefficient (Wildman–Crippen LogP) is 14.2. The fourth-order valence-electron chi connectivity index (χ4n) is 8.08. The highest BCUT2D eigenvalue weighted by molar-refractivity contribution is 5.83. The molecule has 0 bridgehead atoms. The normalized spacial score (nSPS) is 13.2. The van der Waals surface area contributed by atoms with Gasteiger partial charge in [0.15, 0.2) is 5.82 Å². The molecule has 0 amide bonds. The first-order valence-corrected chi connectivity index (χ1v) is 20.3. The summed E-state index contributed by atoms with van der Waals surface area (Å²) in [6, 6.07) is 19.0. The van der Waals surface area contributed by atoms with Crippen molar-refractivity contribution < 1.29 is 0 Å². The number of nitrogens with zero attached hydrogens (tertiary/aromatic N) is 2. The van der Waals surface area contributed by atoms with Crippen LogP contribution in [0.5, 0.6) is 0 Å². The SMILES string of the molecule is CCCCCCCCC1(CCCCCCCC)c2ccccc2-c2ccc(-c3nc(CCCCCC)cc(CCCCCC)n3)cc21. The molecule has 0 radical (unpaired) electrons. The number of unbranched alkanes of at least 4 members (excludes halogenated alkanes) is 16. The van der Waals surface area contributed by atoms with Gasteiger partial charge in [-0.3, -0.25) is 0 Å². The van der Waals surface area contributed by atoms with Gasteiger partial charge >= 0.3 is 0 Å². The molecule has 1 aliphatic rings. The second-order valence-corrected chi connectivity index (χ2v) is 14.7. The fourth-order valence-corrected chi connectivity index (χ4v) is 8.08. The van der Waals surface area contributed by atoms with Crippen molar-refractivity contribution in [2.75, 3.05) is 0 Å². The summed E-state index contributed by atoms with van der Waals surface area (Å²) in [6.07, 6.45) is 31.0. The fraction of sp³-hybridized carbons (Fsp3) is 0.644. The molecular formula is C45H68N2. The van der Waals surface area contributed by atoms with Crippen LogP contribution in [0, 0.1) is 0 Å². The molecule has 0 aliphatic heterocycles. The highest BCUT2D eigenvalue weighted by Crippen LogP contribution is 2.54. The number of aromatic nitrogens is 2. The lowest BCUT2D eigenvalue weighted by molar-refractivity contribution is 0.398. The van der Waals surface area contributed by atoms with Gasteiger partial charge in [0, 0.05) is 22.4 Å². The molecule has 3 aromatic rings. The Morgan fingerprint density at radius 1 is 0.447 bits per heavy atom. The summed E-state index contributed by atoms with van der Waals surface area (Å²) >= 11 is 0. The van der Waals surface area contributed by atoms with E-state index < -0.39 is 0 Å². The third-order valence-electron chi connectivity index (χ3n) is 10.8. The number of hydrogen-bond acceptors (Lipinski definition) is 2. The molecule has 0 fully saturated rings. The van der Waals surface area contributed by atoms with Gasteiger partial charge in [-0.15, -0.1) is 0 Å². The maximum absolute atomic E-state index is 5.26. The molecule has 0 N–H and O–H groups in total. The average Bonchev–Trinajstić information content (AvgIpc) is 3.37. The van der Waals surface area contributed by atoms with Crippen molar-refractivity contribution in [1.29, 1.82) is 0 Å². The van der Waals surface area contributed by atoms with E-state index in [0.29, 0.717) is 0 Å². The molecule has 1 heterocycles. The Morgan fingerprint density at radius 3 is 1.47 bits per heavy atom. The van der Waals surface area contributed by atoms with Crippen LogP contribution in [0.25, 0.3) is 22.5 Å². The minimum Gasteiger partial charge on any atom is -0.233 e. The number of benzene rings is 2. The van der Waals surface area contributed by atoms with Gasteiger partial charge in [0.1, 0.15) is 0 Å². The van der Waals surface area contributed by atoms with Gasteiger partial charge in [0.05, 0.1) is 0 Å². The number of fused-ring (bicyclic) bond motifs is 3. The Morgan fingerprint density at radius 2 is 0.915 bits per heavy atom. The van der Waals surface area contributed by atoms with Crippen LogP contribution in [-0.4, -0.2) is 9.97 Å². The number of aryl methyl sites for hydroxylation is 2. The van der Waals surface area contributed by atoms with E-state index in [9.17, 15) is 0 Å². The molecule has 0 atom stereocenters. The smallest absolute Gasteiger partial charge is 0.159 e. The Balaban J connectivity index is 1.68. The highest BCUT2D eigenvalue weighted by atomic mass is 14.9. The maximum Gasteiger partial charge on any atom is 0.159 e. The first-order chi connectivity index (χ1) is 23.2. The van der Waals surface area contributed by atoms with Gasteiger partial charge in [0.25, 0.3) is 0 Å². The number of hydrogen-bond donors (Lipinski definition) is 0. The van der Waals surface area contributed by atoms with Crippen molar-refractivity contribution in [2.24, 2.45) is 0 Å². The predicted molar refractivity (Wildman–Crippen MR) is 205 cm³/mol. The van der Waals surface area contributed by atoms with Crippen LogP contribution < -0.4 is 0 Å². The zero-order valence-corrected chi connectivity index (χ0v) is 31.0. The summed E-state index contributed by atoms with van der Waals surface area (Å²) in [5.74, 6) is 0.954. The molecule has 0 spiro atoms. The minimum absolute atomic E-state index is 0.0954. The monoisotopic (exact) mass is 637 g/mol. The molecule has 0 unspecified atom stereocenters. The van der Waals surface area contributed by atoms with Crippen molar-refractivity contribution >= 4 is 0 Å². The van der Waals surface area contributed by atoms with Gasteiger partial charge in [0.2, 0.25) is 0 Å². The van der Waals surface area contributed by atoms with Gasteiger partial charge in [-0.2, -0.15) is 0 Å². The molecule has 2 aromatic carbocycles. The van der Waals surface area contributed by atoms with Crippen LogP contribution in [0.3, 0.4) is 0 Å². The lowest BCUT2D eigenvalue weighted by atomic mass is 9.70. The van der Waals surface area contributed by atoms with Gasteiger partial charge in [-0.05, 0) is 72.9 Å². The van der Waals surface area contributed by atoms with Crippen LogP contribution in [0.2, 0.25) is 0 Å². The third-order valence-corrected chi connectivity index (χ3v) is 10.8. The molecule has 258 valence electrons. The van der Waals surface area contributed by atoms with E-state index in [2.05, 4.69) is 76.2 Å². The van der Waals surface area contributed by atoms with Crippen LogP contribution in [0.1, 0.15) is 191 Å².